The molecule has 0 bridgehead atoms. The molecule has 2 fully saturated rings. The van der Waals surface area contributed by atoms with Gasteiger partial charge in [-0.25, -0.2) is 0 Å². The fourth-order valence-corrected chi connectivity index (χ4v) is 4.73. The molecule has 1 amide bonds. The third-order valence-corrected chi connectivity index (χ3v) is 6.65. The average Bonchev–Trinajstić information content (AvgIpc) is 2.74. The Morgan fingerprint density at radius 1 is 1.17 bits per heavy atom. The minimum atomic E-state index is -0.620. The van der Waals surface area contributed by atoms with Crippen molar-refractivity contribution < 1.29 is 9.59 Å². The number of nitriles is 1. The number of nitrogens with two attached hydrogens (primary N) is 1. The number of carbonyl (C=O) groups excluding carboxylic acids is 2. The van der Waals surface area contributed by atoms with Crippen molar-refractivity contribution in [3.8, 4) is 6.07 Å². The summed E-state index contributed by atoms with van der Waals surface area (Å²) in [6.45, 7) is 6.76. The zero-order valence-electron chi connectivity index (χ0n) is 17.3. The van der Waals surface area contributed by atoms with Gasteiger partial charge in [0.15, 0.2) is 5.78 Å². The summed E-state index contributed by atoms with van der Waals surface area (Å²) >= 11 is 0. The first-order valence-corrected chi connectivity index (χ1v) is 10.7. The Balaban J connectivity index is 1.40. The number of primary amides is 1. The van der Waals surface area contributed by atoms with E-state index in [0.29, 0.717) is 5.92 Å². The maximum absolute atomic E-state index is 11.6. The van der Waals surface area contributed by atoms with Crippen LogP contribution in [-0.2, 0) is 4.79 Å². The number of hydrogen-bond donors (Lipinski definition) is 1. The molecule has 6 heteroatoms. The molecule has 1 atom stereocenters. The number of benzene rings is 1. The van der Waals surface area contributed by atoms with E-state index in [1.165, 1.54) is 6.42 Å². The minimum Gasteiger partial charge on any atom is -0.369 e. The van der Waals surface area contributed by atoms with E-state index < -0.39 is 11.8 Å². The maximum atomic E-state index is 11.6. The molecule has 1 aliphatic carbocycles. The van der Waals surface area contributed by atoms with Gasteiger partial charge in [-0.1, -0.05) is 25.0 Å². The summed E-state index contributed by atoms with van der Waals surface area (Å²) < 4.78 is 0. The Bertz CT molecular complexity index is 756. The van der Waals surface area contributed by atoms with Gasteiger partial charge in [-0.3, -0.25) is 14.5 Å². The number of anilines is 1. The molecular weight excluding hydrogens is 364 g/mol. The Labute approximate surface area is 173 Å². The molecule has 1 unspecified atom stereocenters. The predicted molar refractivity (Wildman–Crippen MR) is 113 cm³/mol. The molecule has 3 rings (SSSR count). The van der Waals surface area contributed by atoms with Crippen LogP contribution in [0, 0.1) is 29.1 Å². The summed E-state index contributed by atoms with van der Waals surface area (Å²) in [4.78, 5) is 27.9. The van der Waals surface area contributed by atoms with Gasteiger partial charge in [-0.15, -0.1) is 0 Å². The summed E-state index contributed by atoms with van der Waals surface area (Å²) in [5.41, 5.74) is 7.27. The van der Waals surface area contributed by atoms with Crippen LogP contribution in [-0.4, -0.2) is 49.3 Å². The molecule has 0 aromatic heterocycles. The molecule has 1 heterocycles. The van der Waals surface area contributed by atoms with Gasteiger partial charge in [-0.05, 0) is 56.7 Å². The first-order chi connectivity index (χ1) is 14.0. The number of piperazine rings is 1. The van der Waals surface area contributed by atoms with E-state index in [-0.39, 0.29) is 11.7 Å². The molecule has 1 saturated carbocycles. The first kappa shape index (κ1) is 21.3. The molecule has 1 aromatic rings. The number of ketones is 1. The van der Waals surface area contributed by atoms with E-state index in [1.807, 2.05) is 18.2 Å². The minimum absolute atomic E-state index is 0.108. The second kappa shape index (κ2) is 9.89. The Hall–Kier alpha value is -2.39. The highest BCUT2D eigenvalue weighted by molar-refractivity contribution is 5.95. The van der Waals surface area contributed by atoms with Crippen LogP contribution in [0.4, 0.5) is 5.69 Å². The maximum Gasteiger partial charge on any atom is 0.235 e. The molecular formula is C23H32N4O2. The lowest BCUT2D eigenvalue weighted by molar-refractivity contribution is -0.122. The lowest BCUT2D eigenvalue weighted by Crippen LogP contribution is -2.47. The van der Waals surface area contributed by atoms with Crippen LogP contribution < -0.4 is 10.6 Å². The van der Waals surface area contributed by atoms with Crippen molar-refractivity contribution >= 4 is 17.4 Å². The van der Waals surface area contributed by atoms with E-state index in [4.69, 9.17) is 11.0 Å². The van der Waals surface area contributed by atoms with Crippen molar-refractivity contribution in [3.63, 3.8) is 0 Å². The summed E-state index contributed by atoms with van der Waals surface area (Å²) in [5.74, 6) is -0.155. The summed E-state index contributed by atoms with van der Waals surface area (Å²) in [6.07, 6.45) is 5.24. The van der Waals surface area contributed by atoms with Crippen molar-refractivity contribution in [2.75, 3.05) is 37.6 Å². The van der Waals surface area contributed by atoms with Crippen molar-refractivity contribution in [2.45, 2.75) is 39.0 Å². The van der Waals surface area contributed by atoms with Gasteiger partial charge >= 0.3 is 0 Å². The number of amides is 1. The molecule has 156 valence electrons. The lowest BCUT2D eigenvalue weighted by Gasteiger charge is -2.37. The highest BCUT2D eigenvalue weighted by Gasteiger charge is 2.31. The smallest absolute Gasteiger partial charge is 0.235 e. The van der Waals surface area contributed by atoms with E-state index >= 15 is 0 Å². The predicted octanol–water partition coefficient (Wildman–Crippen LogP) is 2.83. The van der Waals surface area contributed by atoms with Crippen molar-refractivity contribution in [2.24, 2.45) is 23.5 Å². The zero-order chi connectivity index (χ0) is 20.8. The third kappa shape index (κ3) is 5.57. The zero-order valence-corrected chi connectivity index (χ0v) is 17.3. The van der Waals surface area contributed by atoms with Gasteiger partial charge in [0.05, 0.1) is 6.07 Å². The monoisotopic (exact) mass is 396 g/mol. The molecule has 0 radical (unpaired) electrons. The molecule has 2 N–H and O–H groups in total. The average molecular weight is 397 g/mol. The van der Waals surface area contributed by atoms with Gasteiger partial charge in [0.25, 0.3) is 0 Å². The number of Topliss-reactive ketones (excluding diaryl/α,β-unsaturated/α-hetero) is 1. The van der Waals surface area contributed by atoms with Crippen LogP contribution in [0.3, 0.4) is 0 Å². The van der Waals surface area contributed by atoms with Gasteiger partial charge in [-0.2, -0.15) is 5.26 Å². The van der Waals surface area contributed by atoms with E-state index in [9.17, 15) is 9.59 Å². The molecule has 1 aromatic carbocycles. The van der Waals surface area contributed by atoms with Crippen molar-refractivity contribution in [1.82, 2.24) is 4.90 Å². The normalized spacial score (nSPS) is 23.9. The first-order valence-electron chi connectivity index (χ1n) is 10.7. The van der Waals surface area contributed by atoms with Gasteiger partial charge in [0.1, 0.15) is 5.92 Å². The Morgan fingerprint density at radius 2 is 1.86 bits per heavy atom. The van der Waals surface area contributed by atoms with E-state index in [0.717, 1.165) is 69.7 Å². The summed E-state index contributed by atoms with van der Waals surface area (Å²) in [5, 5.41) is 9.16. The highest BCUT2D eigenvalue weighted by atomic mass is 16.1. The quantitative estimate of drug-likeness (QED) is 0.716. The van der Waals surface area contributed by atoms with Crippen molar-refractivity contribution in [1.29, 1.82) is 5.26 Å². The topological polar surface area (TPSA) is 90.4 Å². The van der Waals surface area contributed by atoms with Crippen LogP contribution in [0.1, 0.15) is 49.4 Å². The van der Waals surface area contributed by atoms with Gasteiger partial charge < -0.3 is 10.6 Å². The molecule has 2 aliphatic rings. The molecule has 0 spiro atoms. The van der Waals surface area contributed by atoms with Crippen LogP contribution in [0.15, 0.2) is 24.3 Å². The van der Waals surface area contributed by atoms with Crippen molar-refractivity contribution in [3.05, 3.63) is 29.8 Å². The number of carbonyl (C=O) groups is 2. The number of nitrogens with zero attached hydrogens (tertiary/aromatic N) is 3. The molecule has 29 heavy (non-hydrogen) atoms. The second-order valence-electron chi connectivity index (χ2n) is 8.51. The van der Waals surface area contributed by atoms with E-state index in [2.05, 4.69) is 21.9 Å². The van der Waals surface area contributed by atoms with Crippen LogP contribution >= 0.6 is 0 Å². The van der Waals surface area contributed by atoms with Crippen LogP contribution in [0.5, 0.6) is 0 Å². The fraction of sp³-hybridized carbons (Fsp3) is 0.609. The van der Waals surface area contributed by atoms with Crippen LogP contribution in [0.25, 0.3) is 0 Å². The molecule has 1 aliphatic heterocycles. The van der Waals surface area contributed by atoms with Gasteiger partial charge in [0.2, 0.25) is 5.91 Å². The second-order valence-corrected chi connectivity index (χ2v) is 8.51. The third-order valence-electron chi connectivity index (χ3n) is 6.65. The Kier molecular flexibility index (Phi) is 7.27. The SMILES string of the molecule is CC(=O)c1cccc(N2CCN(CCC3CCC(C(C#N)C(N)=O)CC3)CC2)c1. The number of rotatable bonds is 7. The molecule has 1 saturated heterocycles. The summed E-state index contributed by atoms with van der Waals surface area (Å²) in [6, 6.07) is 10.0. The van der Waals surface area contributed by atoms with Crippen LogP contribution in [0.2, 0.25) is 0 Å². The lowest BCUT2D eigenvalue weighted by atomic mass is 9.75. The standard InChI is InChI=1S/C23H32N4O2/c1-17(28)20-3-2-4-21(15-20)27-13-11-26(12-14-27)10-9-18-5-7-19(8-6-18)22(16-24)23(25)29/h2-4,15,18-19,22H,5-14H2,1H3,(H2,25,29). The highest BCUT2D eigenvalue weighted by Crippen LogP contribution is 2.35. The Morgan fingerprint density at radius 3 is 2.45 bits per heavy atom. The largest absolute Gasteiger partial charge is 0.369 e. The summed E-state index contributed by atoms with van der Waals surface area (Å²) in [7, 11) is 0. The van der Waals surface area contributed by atoms with E-state index in [1.54, 1.807) is 6.92 Å². The molecule has 6 nitrogen and oxygen atoms in total. The number of hydrogen-bond acceptors (Lipinski definition) is 5. The van der Waals surface area contributed by atoms with Gasteiger partial charge in [0, 0.05) is 37.4 Å². The fourth-order valence-electron chi connectivity index (χ4n) is 4.73.